The highest BCUT2D eigenvalue weighted by Crippen LogP contribution is 2.23. The number of ether oxygens (including phenoxy) is 1. The number of carbonyl (C=O) groups is 1. The number of morpholine rings is 1. The molecule has 0 spiro atoms. The molecule has 3 rings (SSSR count). The van der Waals surface area contributed by atoms with Crippen LogP contribution in [0.4, 0.5) is 4.79 Å². The first kappa shape index (κ1) is 16.7. The van der Waals surface area contributed by atoms with Gasteiger partial charge in [-0.2, -0.15) is 0 Å². The van der Waals surface area contributed by atoms with Crippen molar-refractivity contribution in [3.63, 3.8) is 0 Å². The van der Waals surface area contributed by atoms with E-state index in [9.17, 15) is 4.79 Å². The van der Waals surface area contributed by atoms with Crippen molar-refractivity contribution in [1.29, 1.82) is 0 Å². The Balaban J connectivity index is 1.57. The number of aromatic nitrogens is 3. The van der Waals surface area contributed by atoms with Gasteiger partial charge in [-0.3, -0.25) is 0 Å². The van der Waals surface area contributed by atoms with E-state index in [2.05, 4.69) is 15.5 Å². The third-order valence-corrected chi connectivity index (χ3v) is 4.28. The van der Waals surface area contributed by atoms with Crippen LogP contribution in [0.2, 0.25) is 5.02 Å². The molecule has 128 valence electrons. The minimum Gasteiger partial charge on any atom is -0.370 e. The number of amides is 2. The van der Waals surface area contributed by atoms with Crippen LogP contribution < -0.4 is 5.32 Å². The first-order valence-electron chi connectivity index (χ1n) is 7.94. The lowest BCUT2D eigenvalue weighted by Crippen LogP contribution is -2.47. The largest absolute Gasteiger partial charge is 0.370 e. The fraction of sp³-hybridized carbons (Fsp3) is 0.438. The molecule has 1 aromatic heterocycles. The molecular weight excluding hydrogens is 330 g/mol. The second-order valence-electron chi connectivity index (χ2n) is 5.55. The number of nitrogens with zero attached hydrogens (tertiary/aromatic N) is 4. The highest BCUT2D eigenvalue weighted by atomic mass is 35.5. The van der Waals surface area contributed by atoms with Crippen LogP contribution in [0.3, 0.4) is 0 Å². The molecule has 0 saturated carbocycles. The highest BCUT2D eigenvalue weighted by Gasteiger charge is 2.25. The van der Waals surface area contributed by atoms with E-state index in [0.29, 0.717) is 31.3 Å². The van der Waals surface area contributed by atoms with E-state index in [4.69, 9.17) is 16.3 Å². The van der Waals surface area contributed by atoms with Gasteiger partial charge >= 0.3 is 6.03 Å². The number of rotatable bonds is 4. The van der Waals surface area contributed by atoms with Gasteiger partial charge < -0.3 is 19.5 Å². The smallest absolute Gasteiger partial charge is 0.317 e. The van der Waals surface area contributed by atoms with Crippen molar-refractivity contribution in [3.8, 4) is 0 Å². The molecule has 1 aliphatic rings. The third-order valence-electron chi connectivity index (χ3n) is 4.03. The van der Waals surface area contributed by atoms with Gasteiger partial charge in [0.1, 0.15) is 12.4 Å². The Morgan fingerprint density at radius 1 is 1.42 bits per heavy atom. The number of urea groups is 1. The van der Waals surface area contributed by atoms with Gasteiger partial charge in [0.2, 0.25) is 0 Å². The molecule has 0 bridgehead atoms. The van der Waals surface area contributed by atoms with Crippen LogP contribution in [-0.4, -0.2) is 45.4 Å². The van der Waals surface area contributed by atoms with Crippen molar-refractivity contribution >= 4 is 17.6 Å². The average Bonchev–Trinajstić information content (AvgIpc) is 3.08. The van der Waals surface area contributed by atoms with E-state index in [-0.39, 0.29) is 12.1 Å². The lowest BCUT2D eigenvalue weighted by molar-refractivity contribution is -0.0155. The highest BCUT2D eigenvalue weighted by molar-refractivity contribution is 6.30. The van der Waals surface area contributed by atoms with Gasteiger partial charge in [-0.15, -0.1) is 10.2 Å². The standard InChI is InChI=1S/C16H20ClN5O2/c1-2-21-11-19-20-15(21)9-18-16(23)22-7-8-24-14(10-22)12-3-5-13(17)6-4-12/h3-6,11,14H,2,7-10H2,1H3,(H,18,23)/t14-/m0/s1. The summed E-state index contributed by atoms with van der Waals surface area (Å²) in [5, 5.41) is 11.5. The van der Waals surface area contributed by atoms with Crippen LogP contribution >= 0.6 is 11.6 Å². The lowest BCUT2D eigenvalue weighted by atomic mass is 10.1. The molecule has 2 aromatic rings. The number of halogens is 1. The number of hydrogen-bond donors (Lipinski definition) is 1. The van der Waals surface area contributed by atoms with Gasteiger partial charge in [-0.25, -0.2) is 4.79 Å². The quantitative estimate of drug-likeness (QED) is 0.918. The Bertz CT molecular complexity index is 688. The fourth-order valence-electron chi connectivity index (χ4n) is 2.66. The average molecular weight is 350 g/mol. The van der Waals surface area contributed by atoms with E-state index in [0.717, 1.165) is 17.9 Å². The Morgan fingerprint density at radius 3 is 2.96 bits per heavy atom. The number of carbonyl (C=O) groups excluding carboxylic acids is 1. The molecular formula is C16H20ClN5O2. The molecule has 1 saturated heterocycles. The van der Waals surface area contributed by atoms with Gasteiger partial charge in [0, 0.05) is 18.1 Å². The zero-order chi connectivity index (χ0) is 16.9. The van der Waals surface area contributed by atoms with Crippen LogP contribution in [0.15, 0.2) is 30.6 Å². The zero-order valence-electron chi connectivity index (χ0n) is 13.5. The zero-order valence-corrected chi connectivity index (χ0v) is 14.2. The van der Waals surface area contributed by atoms with Crippen molar-refractivity contribution in [2.75, 3.05) is 19.7 Å². The topological polar surface area (TPSA) is 72.3 Å². The van der Waals surface area contributed by atoms with E-state index >= 15 is 0 Å². The van der Waals surface area contributed by atoms with Crippen molar-refractivity contribution in [2.45, 2.75) is 26.1 Å². The minimum atomic E-state index is -0.138. The minimum absolute atomic E-state index is 0.122. The second kappa shape index (κ2) is 7.63. The van der Waals surface area contributed by atoms with Crippen molar-refractivity contribution < 1.29 is 9.53 Å². The summed E-state index contributed by atoms with van der Waals surface area (Å²) < 4.78 is 7.68. The summed E-state index contributed by atoms with van der Waals surface area (Å²) in [6.45, 7) is 4.72. The van der Waals surface area contributed by atoms with E-state index in [1.54, 1.807) is 11.2 Å². The summed E-state index contributed by atoms with van der Waals surface area (Å²) >= 11 is 5.92. The molecule has 1 atom stereocenters. The summed E-state index contributed by atoms with van der Waals surface area (Å²) in [7, 11) is 0. The van der Waals surface area contributed by atoms with Gasteiger partial charge in [-0.05, 0) is 24.6 Å². The van der Waals surface area contributed by atoms with E-state index in [1.807, 2.05) is 35.8 Å². The Kier molecular flexibility index (Phi) is 5.32. The van der Waals surface area contributed by atoms with Crippen molar-refractivity contribution in [1.82, 2.24) is 25.0 Å². The molecule has 0 unspecified atom stereocenters. The second-order valence-corrected chi connectivity index (χ2v) is 5.99. The Morgan fingerprint density at radius 2 is 2.21 bits per heavy atom. The normalized spacial score (nSPS) is 17.8. The molecule has 1 N–H and O–H groups in total. The maximum atomic E-state index is 12.4. The van der Waals surface area contributed by atoms with Crippen LogP contribution in [0.1, 0.15) is 24.4 Å². The van der Waals surface area contributed by atoms with Gasteiger partial charge in [0.25, 0.3) is 0 Å². The predicted octanol–water partition coefficient (Wildman–Crippen LogP) is 2.23. The third kappa shape index (κ3) is 3.85. The first-order valence-corrected chi connectivity index (χ1v) is 8.31. The maximum absolute atomic E-state index is 12.4. The molecule has 8 heteroatoms. The van der Waals surface area contributed by atoms with Crippen LogP contribution in [0.25, 0.3) is 0 Å². The summed E-state index contributed by atoms with van der Waals surface area (Å²) in [6, 6.07) is 7.40. The summed E-state index contributed by atoms with van der Waals surface area (Å²) in [4.78, 5) is 14.2. The monoisotopic (exact) mass is 349 g/mol. The van der Waals surface area contributed by atoms with Crippen molar-refractivity contribution in [3.05, 3.63) is 47.0 Å². The van der Waals surface area contributed by atoms with Gasteiger partial charge in [0.15, 0.2) is 5.82 Å². The molecule has 1 fully saturated rings. The molecule has 0 aliphatic carbocycles. The fourth-order valence-corrected chi connectivity index (χ4v) is 2.79. The molecule has 1 aromatic carbocycles. The molecule has 2 amide bonds. The molecule has 2 heterocycles. The number of nitrogens with one attached hydrogen (secondary N) is 1. The summed E-state index contributed by atoms with van der Waals surface area (Å²) in [5.41, 5.74) is 1.02. The lowest BCUT2D eigenvalue weighted by Gasteiger charge is -2.33. The Labute approximate surface area is 145 Å². The van der Waals surface area contributed by atoms with Crippen LogP contribution in [-0.2, 0) is 17.8 Å². The first-order chi connectivity index (χ1) is 11.7. The molecule has 0 radical (unpaired) electrons. The SMILES string of the molecule is CCn1cnnc1CNC(=O)N1CCO[C@H](c2ccc(Cl)cc2)C1. The van der Waals surface area contributed by atoms with Crippen LogP contribution in [0.5, 0.6) is 0 Å². The van der Waals surface area contributed by atoms with E-state index in [1.165, 1.54) is 0 Å². The number of hydrogen-bond acceptors (Lipinski definition) is 4. The number of aryl methyl sites for hydroxylation is 1. The van der Waals surface area contributed by atoms with Gasteiger partial charge in [-0.1, -0.05) is 23.7 Å². The molecule has 1 aliphatic heterocycles. The summed E-state index contributed by atoms with van der Waals surface area (Å²) in [5.74, 6) is 0.744. The molecule has 24 heavy (non-hydrogen) atoms. The van der Waals surface area contributed by atoms with Gasteiger partial charge in [0.05, 0.1) is 19.7 Å². The Hall–Kier alpha value is -2.12. The van der Waals surface area contributed by atoms with E-state index < -0.39 is 0 Å². The maximum Gasteiger partial charge on any atom is 0.317 e. The van der Waals surface area contributed by atoms with Crippen molar-refractivity contribution in [2.24, 2.45) is 0 Å². The summed E-state index contributed by atoms with van der Waals surface area (Å²) in [6.07, 6.45) is 1.52. The van der Waals surface area contributed by atoms with Crippen LogP contribution in [0, 0.1) is 0 Å². The number of benzene rings is 1. The molecule has 7 nitrogen and oxygen atoms in total. The predicted molar refractivity (Wildman–Crippen MR) is 89.6 cm³/mol.